The molecule has 0 aliphatic rings. The second-order valence-corrected chi connectivity index (χ2v) is 7.25. The average molecular weight is 390 g/mol. The smallest absolute Gasteiger partial charge is 0.291 e. The third-order valence-corrected chi connectivity index (χ3v) is 5.19. The van der Waals surface area contributed by atoms with Gasteiger partial charge in [0.05, 0.1) is 29.3 Å². The molecule has 7 heteroatoms. The molecule has 3 rings (SSSR count). The maximum absolute atomic E-state index is 12.4. The monoisotopic (exact) mass is 389 g/mol. The van der Waals surface area contributed by atoms with Crippen molar-refractivity contribution in [3.8, 4) is 5.75 Å². The van der Waals surface area contributed by atoms with E-state index in [4.69, 9.17) is 20.8 Å². The predicted molar refractivity (Wildman–Crippen MR) is 101 cm³/mol. The highest BCUT2D eigenvalue weighted by Crippen LogP contribution is 2.24. The third kappa shape index (κ3) is 4.33. The van der Waals surface area contributed by atoms with Gasteiger partial charge in [-0.05, 0) is 48.5 Å². The lowest BCUT2D eigenvalue weighted by Crippen LogP contribution is -2.11. The number of rotatable bonds is 6. The molecule has 0 saturated carbocycles. The van der Waals surface area contributed by atoms with Crippen molar-refractivity contribution in [2.24, 2.45) is 0 Å². The summed E-state index contributed by atoms with van der Waals surface area (Å²) in [4.78, 5) is 13.0. The van der Waals surface area contributed by atoms with Gasteiger partial charge in [-0.2, -0.15) is 0 Å². The van der Waals surface area contributed by atoms with E-state index in [1.165, 1.54) is 7.11 Å². The maximum atomic E-state index is 12.4. The summed E-state index contributed by atoms with van der Waals surface area (Å²) in [5.41, 5.74) is 0.544. The number of anilines is 1. The molecule has 1 N–H and O–H groups in total. The van der Waals surface area contributed by atoms with Crippen molar-refractivity contribution in [1.29, 1.82) is 0 Å². The molecule has 0 aliphatic heterocycles. The van der Waals surface area contributed by atoms with Gasteiger partial charge in [0.15, 0.2) is 5.76 Å². The summed E-state index contributed by atoms with van der Waals surface area (Å²) < 4.78 is 23.1. The number of carbonyl (C=O) groups excluding carboxylic acids is 1. The Morgan fingerprint density at radius 1 is 1.12 bits per heavy atom. The lowest BCUT2D eigenvalue weighted by Gasteiger charge is -2.08. The van der Waals surface area contributed by atoms with Crippen molar-refractivity contribution >= 4 is 34.0 Å². The first-order valence-corrected chi connectivity index (χ1v) is 9.43. The molecule has 134 valence electrons. The highest BCUT2D eigenvalue weighted by Gasteiger charge is 2.15. The number of ether oxygens (including phenoxy) is 1. The highest BCUT2D eigenvalue weighted by molar-refractivity contribution is 7.84. The van der Waals surface area contributed by atoms with E-state index < -0.39 is 16.7 Å². The molecule has 0 aliphatic carbocycles. The number of nitrogens with one attached hydrogen (secondary N) is 1. The number of para-hydroxylation sites is 2. The van der Waals surface area contributed by atoms with Gasteiger partial charge in [-0.1, -0.05) is 23.7 Å². The number of benzene rings is 2. The zero-order chi connectivity index (χ0) is 18.5. The van der Waals surface area contributed by atoms with Crippen LogP contribution in [0.15, 0.2) is 70.0 Å². The van der Waals surface area contributed by atoms with E-state index in [1.807, 2.05) is 6.07 Å². The minimum absolute atomic E-state index is 0.138. The van der Waals surface area contributed by atoms with E-state index in [0.717, 1.165) is 0 Å². The fraction of sp³-hybridized carbons (Fsp3) is 0.105. The summed E-state index contributed by atoms with van der Waals surface area (Å²) in [6.45, 7) is 0. The molecule has 1 atom stereocenters. The van der Waals surface area contributed by atoms with Crippen LogP contribution in [0, 0.1) is 0 Å². The molecular formula is C19H16ClNO4S. The van der Waals surface area contributed by atoms with Crippen LogP contribution in [-0.2, 0) is 16.6 Å². The predicted octanol–water partition coefficient (Wildman–Crippen LogP) is 4.50. The van der Waals surface area contributed by atoms with Crippen LogP contribution in [0.4, 0.5) is 5.69 Å². The molecular weight excluding hydrogens is 374 g/mol. The van der Waals surface area contributed by atoms with Gasteiger partial charge in [-0.15, -0.1) is 0 Å². The van der Waals surface area contributed by atoms with Crippen molar-refractivity contribution in [2.75, 3.05) is 12.4 Å². The van der Waals surface area contributed by atoms with Gasteiger partial charge in [0.2, 0.25) is 0 Å². The van der Waals surface area contributed by atoms with E-state index >= 15 is 0 Å². The average Bonchev–Trinajstić information content (AvgIpc) is 3.11. The van der Waals surface area contributed by atoms with E-state index in [9.17, 15) is 9.00 Å². The lowest BCUT2D eigenvalue weighted by atomic mass is 10.3. The standard InChI is InChI=1S/C19H16ClNO4S/c1-24-17-5-3-2-4-16(17)21-19(22)18-11-8-14(25-18)12-26(23)15-9-6-13(20)7-10-15/h2-11H,12H2,1H3,(H,21,22)/t26-/m0/s1. The Kier molecular flexibility index (Phi) is 5.75. The molecule has 0 bridgehead atoms. The molecule has 2 aromatic carbocycles. The second-order valence-electron chi connectivity index (χ2n) is 5.36. The van der Waals surface area contributed by atoms with E-state index in [1.54, 1.807) is 54.6 Å². The Balaban J connectivity index is 1.68. The highest BCUT2D eigenvalue weighted by atomic mass is 35.5. The first-order valence-electron chi connectivity index (χ1n) is 7.74. The molecule has 5 nitrogen and oxygen atoms in total. The molecule has 0 radical (unpaired) electrons. The second kappa shape index (κ2) is 8.21. The maximum Gasteiger partial charge on any atom is 0.291 e. The topological polar surface area (TPSA) is 68.5 Å². The molecule has 0 saturated heterocycles. The molecule has 26 heavy (non-hydrogen) atoms. The van der Waals surface area contributed by atoms with Crippen LogP contribution in [0.2, 0.25) is 5.02 Å². The quantitative estimate of drug-likeness (QED) is 0.673. The van der Waals surface area contributed by atoms with Gasteiger partial charge in [0.1, 0.15) is 11.5 Å². The van der Waals surface area contributed by atoms with Crippen LogP contribution in [-0.4, -0.2) is 17.2 Å². The Bertz CT molecular complexity index is 937. The van der Waals surface area contributed by atoms with Crippen LogP contribution in [0.1, 0.15) is 16.3 Å². The number of furan rings is 1. The Labute approximate surface area is 158 Å². The van der Waals surface area contributed by atoms with E-state index in [-0.39, 0.29) is 11.5 Å². The lowest BCUT2D eigenvalue weighted by molar-refractivity contribution is 0.0995. The fourth-order valence-corrected chi connectivity index (χ4v) is 3.45. The first-order chi connectivity index (χ1) is 12.6. The SMILES string of the molecule is COc1ccccc1NC(=O)c1ccc(C[S@](=O)c2ccc(Cl)cc2)o1. The van der Waals surface area contributed by atoms with E-state index in [0.29, 0.717) is 27.1 Å². The van der Waals surface area contributed by atoms with Gasteiger partial charge in [-0.3, -0.25) is 9.00 Å². The summed E-state index contributed by atoms with van der Waals surface area (Å²) in [5, 5.41) is 3.32. The molecule has 1 aromatic heterocycles. The van der Waals surface area contributed by atoms with Gasteiger partial charge in [-0.25, -0.2) is 0 Å². The number of amides is 1. The zero-order valence-electron chi connectivity index (χ0n) is 13.9. The molecule has 0 fully saturated rings. The van der Waals surface area contributed by atoms with Crippen molar-refractivity contribution in [1.82, 2.24) is 0 Å². The molecule has 1 amide bonds. The van der Waals surface area contributed by atoms with Crippen LogP contribution in [0.5, 0.6) is 5.75 Å². The summed E-state index contributed by atoms with van der Waals surface area (Å²) in [7, 11) is 0.240. The van der Waals surface area contributed by atoms with Crippen LogP contribution < -0.4 is 10.1 Å². The summed E-state index contributed by atoms with van der Waals surface area (Å²) in [5.74, 6) is 0.917. The van der Waals surface area contributed by atoms with Crippen LogP contribution in [0.25, 0.3) is 0 Å². The zero-order valence-corrected chi connectivity index (χ0v) is 15.5. The van der Waals surface area contributed by atoms with Crippen molar-refractivity contribution in [3.63, 3.8) is 0 Å². The summed E-state index contributed by atoms with van der Waals surface area (Å²) in [6.07, 6.45) is 0. The van der Waals surface area contributed by atoms with Crippen molar-refractivity contribution in [3.05, 3.63) is 77.2 Å². The third-order valence-electron chi connectivity index (χ3n) is 3.59. The van der Waals surface area contributed by atoms with Gasteiger partial charge in [0.25, 0.3) is 5.91 Å². The van der Waals surface area contributed by atoms with E-state index in [2.05, 4.69) is 5.32 Å². The van der Waals surface area contributed by atoms with Crippen molar-refractivity contribution in [2.45, 2.75) is 10.6 Å². The first kappa shape index (κ1) is 18.2. The van der Waals surface area contributed by atoms with Crippen LogP contribution in [0.3, 0.4) is 0 Å². The minimum atomic E-state index is -1.29. The Hall–Kier alpha value is -2.57. The molecule has 0 unspecified atom stereocenters. The Morgan fingerprint density at radius 3 is 2.58 bits per heavy atom. The number of carbonyl (C=O) groups is 1. The van der Waals surface area contributed by atoms with Gasteiger partial charge in [0, 0.05) is 9.92 Å². The summed E-state index contributed by atoms with van der Waals surface area (Å²) >= 11 is 5.83. The number of methoxy groups -OCH3 is 1. The Morgan fingerprint density at radius 2 is 1.85 bits per heavy atom. The fourth-order valence-electron chi connectivity index (χ4n) is 2.31. The number of hydrogen-bond donors (Lipinski definition) is 1. The normalized spacial score (nSPS) is 11.8. The molecule has 0 spiro atoms. The number of hydrogen-bond acceptors (Lipinski definition) is 4. The number of halogens is 1. The van der Waals surface area contributed by atoms with Crippen molar-refractivity contribution < 1.29 is 18.2 Å². The van der Waals surface area contributed by atoms with Crippen LogP contribution >= 0.6 is 11.6 Å². The molecule has 1 heterocycles. The van der Waals surface area contributed by atoms with Gasteiger partial charge < -0.3 is 14.5 Å². The summed E-state index contributed by atoms with van der Waals surface area (Å²) in [6, 6.07) is 17.1. The largest absolute Gasteiger partial charge is 0.495 e. The molecule has 3 aromatic rings. The van der Waals surface area contributed by atoms with Gasteiger partial charge >= 0.3 is 0 Å². The minimum Gasteiger partial charge on any atom is -0.495 e.